The number of fused-ring (bicyclic) bond motifs is 2. The van der Waals surface area contributed by atoms with Crippen molar-refractivity contribution in [3.63, 3.8) is 0 Å². The largest absolute Gasteiger partial charge is 0.388 e. The van der Waals surface area contributed by atoms with Crippen molar-refractivity contribution in [3.8, 4) is 0 Å². The summed E-state index contributed by atoms with van der Waals surface area (Å²) in [6.07, 6.45) is 5.67. The highest BCUT2D eigenvalue weighted by molar-refractivity contribution is 5.25. The first-order chi connectivity index (χ1) is 8.63. The van der Waals surface area contributed by atoms with Crippen LogP contribution >= 0.6 is 0 Å². The molecular weight excluding hydrogens is 227 g/mol. The summed E-state index contributed by atoms with van der Waals surface area (Å²) in [6.45, 7) is 1.75. The normalized spacial score (nSPS) is 31.8. The number of benzene rings is 1. The van der Waals surface area contributed by atoms with Gasteiger partial charge in [-0.3, -0.25) is 0 Å². The molecular formula is C16H21FO. The molecule has 1 aromatic carbocycles. The molecule has 0 aromatic heterocycles. The molecule has 0 radical (unpaired) electrons. The molecule has 0 amide bonds. The highest BCUT2D eigenvalue weighted by Crippen LogP contribution is 2.50. The molecule has 0 aliphatic heterocycles. The van der Waals surface area contributed by atoms with Crippen molar-refractivity contribution in [2.24, 2.45) is 17.8 Å². The van der Waals surface area contributed by atoms with Crippen LogP contribution < -0.4 is 0 Å². The van der Waals surface area contributed by atoms with Crippen molar-refractivity contribution >= 4 is 0 Å². The average Bonchev–Trinajstić information content (AvgIpc) is 2.94. The van der Waals surface area contributed by atoms with E-state index < -0.39 is 6.10 Å². The van der Waals surface area contributed by atoms with Gasteiger partial charge in [0, 0.05) is 0 Å². The van der Waals surface area contributed by atoms with Gasteiger partial charge in [0.15, 0.2) is 0 Å². The SMILES string of the molecule is Cc1ccc(C(O)CC2CC3CCC2C3)cc1F. The summed E-state index contributed by atoms with van der Waals surface area (Å²) in [5, 5.41) is 10.3. The predicted octanol–water partition coefficient (Wildman–Crippen LogP) is 3.99. The lowest BCUT2D eigenvalue weighted by Gasteiger charge is -2.24. The summed E-state index contributed by atoms with van der Waals surface area (Å²) >= 11 is 0. The Bertz CT molecular complexity index is 443. The van der Waals surface area contributed by atoms with Gasteiger partial charge in [0.2, 0.25) is 0 Å². The van der Waals surface area contributed by atoms with Crippen LogP contribution in [-0.4, -0.2) is 5.11 Å². The third-order valence-corrected chi connectivity index (χ3v) is 4.99. The van der Waals surface area contributed by atoms with Crippen molar-refractivity contribution in [2.75, 3.05) is 0 Å². The molecule has 2 saturated carbocycles. The molecule has 0 heterocycles. The van der Waals surface area contributed by atoms with Gasteiger partial charge in [-0.2, -0.15) is 0 Å². The fourth-order valence-corrected chi connectivity index (χ4v) is 3.90. The molecule has 4 unspecified atom stereocenters. The summed E-state index contributed by atoms with van der Waals surface area (Å²) < 4.78 is 13.5. The van der Waals surface area contributed by atoms with Crippen molar-refractivity contribution in [3.05, 3.63) is 35.1 Å². The van der Waals surface area contributed by atoms with Crippen LogP contribution in [0.5, 0.6) is 0 Å². The molecule has 2 bridgehead atoms. The number of aliphatic hydroxyl groups is 1. The lowest BCUT2D eigenvalue weighted by molar-refractivity contribution is 0.125. The van der Waals surface area contributed by atoms with Gasteiger partial charge < -0.3 is 5.11 Å². The highest BCUT2D eigenvalue weighted by Gasteiger charge is 2.40. The third-order valence-electron chi connectivity index (χ3n) is 4.99. The molecule has 18 heavy (non-hydrogen) atoms. The van der Waals surface area contributed by atoms with Crippen LogP contribution in [0.15, 0.2) is 18.2 Å². The zero-order chi connectivity index (χ0) is 12.7. The van der Waals surface area contributed by atoms with Gasteiger partial charge in [-0.15, -0.1) is 0 Å². The summed E-state index contributed by atoms with van der Waals surface area (Å²) in [6, 6.07) is 5.11. The zero-order valence-corrected chi connectivity index (χ0v) is 10.9. The Morgan fingerprint density at radius 3 is 2.78 bits per heavy atom. The number of rotatable bonds is 3. The number of halogens is 1. The minimum absolute atomic E-state index is 0.209. The number of aryl methyl sites for hydroxylation is 1. The Morgan fingerprint density at radius 1 is 1.33 bits per heavy atom. The first-order valence-electron chi connectivity index (χ1n) is 7.07. The maximum absolute atomic E-state index is 13.5. The van der Waals surface area contributed by atoms with Crippen LogP contribution in [0.1, 0.15) is 49.3 Å². The van der Waals surface area contributed by atoms with E-state index in [4.69, 9.17) is 0 Å². The first-order valence-corrected chi connectivity index (χ1v) is 7.07. The summed E-state index contributed by atoms with van der Waals surface area (Å²) in [5.41, 5.74) is 1.38. The minimum atomic E-state index is -0.496. The van der Waals surface area contributed by atoms with Crippen molar-refractivity contribution in [1.29, 1.82) is 0 Å². The molecule has 98 valence electrons. The van der Waals surface area contributed by atoms with Crippen LogP contribution in [0.2, 0.25) is 0 Å². The van der Waals surface area contributed by atoms with Crippen LogP contribution in [-0.2, 0) is 0 Å². The zero-order valence-electron chi connectivity index (χ0n) is 10.9. The Morgan fingerprint density at radius 2 is 2.17 bits per heavy atom. The number of hydrogen-bond donors (Lipinski definition) is 1. The van der Waals surface area contributed by atoms with Gasteiger partial charge in [0.25, 0.3) is 0 Å². The van der Waals surface area contributed by atoms with E-state index in [-0.39, 0.29) is 5.82 Å². The minimum Gasteiger partial charge on any atom is -0.388 e. The molecule has 2 aliphatic carbocycles. The van der Waals surface area contributed by atoms with Gasteiger partial charge >= 0.3 is 0 Å². The second-order valence-electron chi connectivity index (χ2n) is 6.20. The lowest BCUT2D eigenvalue weighted by Crippen LogP contribution is -2.14. The Labute approximate surface area is 108 Å². The van der Waals surface area contributed by atoms with E-state index in [1.165, 1.54) is 31.7 Å². The highest BCUT2D eigenvalue weighted by atomic mass is 19.1. The molecule has 3 rings (SSSR count). The third kappa shape index (κ3) is 2.18. The van der Waals surface area contributed by atoms with E-state index in [1.54, 1.807) is 13.0 Å². The quantitative estimate of drug-likeness (QED) is 0.857. The van der Waals surface area contributed by atoms with Gasteiger partial charge in [0.05, 0.1) is 6.10 Å². The van der Waals surface area contributed by atoms with E-state index in [9.17, 15) is 9.50 Å². The Balaban J connectivity index is 1.67. The van der Waals surface area contributed by atoms with Crippen molar-refractivity contribution < 1.29 is 9.50 Å². The second kappa shape index (κ2) is 4.65. The summed E-state index contributed by atoms with van der Waals surface area (Å²) in [4.78, 5) is 0. The van der Waals surface area contributed by atoms with E-state index in [0.29, 0.717) is 11.5 Å². The summed E-state index contributed by atoms with van der Waals surface area (Å²) in [7, 11) is 0. The smallest absolute Gasteiger partial charge is 0.126 e. The number of hydrogen-bond acceptors (Lipinski definition) is 1. The van der Waals surface area contributed by atoms with Crippen LogP contribution in [0.4, 0.5) is 4.39 Å². The molecule has 2 heteroatoms. The van der Waals surface area contributed by atoms with E-state index in [0.717, 1.165) is 23.8 Å². The van der Waals surface area contributed by atoms with Crippen molar-refractivity contribution in [2.45, 2.75) is 45.1 Å². The molecule has 2 fully saturated rings. The molecule has 2 aliphatic rings. The number of aliphatic hydroxyl groups excluding tert-OH is 1. The fraction of sp³-hybridized carbons (Fsp3) is 0.625. The monoisotopic (exact) mass is 248 g/mol. The second-order valence-corrected chi connectivity index (χ2v) is 6.20. The molecule has 0 saturated heterocycles. The molecule has 0 spiro atoms. The standard InChI is InChI=1S/C16H21FO/c1-10-2-4-13(8-15(10)17)16(18)9-14-7-11-3-5-12(14)6-11/h2,4,8,11-12,14,16,18H,3,5-7,9H2,1H3. The van der Waals surface area contributed by atoms with Gasteiger partial charge in [-0.05, 0) is 67.6 Å². The lowest BCUT2D eigenvalue weighted by atomic mass is 9.83. The molecule has 1 N–H and O–H groups in total. The molecule has 1 nitrogen and oxygen atoms in total. The average molecular weight is 248 g/mol. The van der Waals surface area contributed by atoms with Crippen LogP contribution in [0.3, 0.4) is 0 Å². The van der Waals surface area contributed by atoms with Gasteiger partial charge in [-0.25, -0.2) is 4.39 Å². The van der Waals surface area contributed by atoms with Crippen molar-refractivity contribution in [1.82, 2.24) is 0 Å². The fourth-order valence-electron chi connectivity index (χ4n) is 3.90. The maximum Gasteiger partial charge on any atom is 0.126 e. The molecule has 1 aromatic rings. The predicted molar refractivity (Wildman–Crippen MR) is 69.7 cm³/mol. The summed E-state index contributed by atoms with van der Waals surface area (Å²) in [5.74, 6) is 2.17. The molecule has 4 atom stereocenters. The van der Waals surface area contributed by atoms with E-state index >= 15 is 0 Å². The van der Waals surface area contributed by atoms with Gasteiger partial charge in [0.1, 0.15) is 5.82 Å². The van der Waals surface area contributed by atoms with Crippen LogP contribution in [0.25, 0.3) is 0 Å². The Hall–Kier alpha value is -0.890. The van der Waals surface area contributed by atoms with E-state index in [1.807, 2.05) is 6.07 Å². The Kier molecular flexibility index (Phi) is 3.14. The first kappa shape index (κ1) is 12.2. The maximum atomic E-state index is 13.5. The topological polar surface area (TPSA) is 20.2 Å². The van der Waals surface area contributed by atoms with Gasteiger partial charge in [-0.1, -0.05) is 18.6 Å². The van der Waals surface area contributed by atoms with Crippen LogP contribution in [0, 0.1) is 30.5 Å². The van der Waals surface area contributed by atoms with E-state index in [2.05, 4.69) is 0 Å².